The molecule has 37 heavy (non-hydrogen) atoms. The van der Waals surface area contributed by atoms with Crippen LogP contribution < -0.4 is 10.6 Å². The molecule has 0 amide bonds. The first kappa shape index (κ1) is 21.8. The van der Waals surface area contributed by atoms with Crippen molar-refractivity contribution in [3.8, 4) is 39.4 Å². The topological polar surface area (TPSA) is 40.9 Å². The molecule has 0 N–H and O–H groups in total. The van der Waals surface area contributed by atoms with Gasteiger partial charge in [-0.25, -0.2) is 0 Å². The van der Waals surface area contributed by atoms with Crippen LogP contribution in [-0.4, -0.2) is 6.66 Å². The lowest BCUT2D eigenvalue weighted by molar-refractivity contribution is 0.591. The van der Waals surface area contributed by atoms with Crippen molar-refractivity contribution in [3.63, 3.8) is 0 Å². The van der Waals surface area contributed by atoms with Crippen LogP contribution in [-0.2, 0) is 4.57 Å². The van der Waals surface area contributed by atoms with Crippen LogP contribution in [0.4, 0.5) is 0 Å². The van der Waals surface area contributed by atoms with E-state index in [-0.39, 0.29) is 0 Å². The molecule has 0 radical (unpaired) electrons. The zero-order valence-electron chi connectivity index (χ0n) is 20.3. The van der Waals surface area contributed by atoms with Crippen molar-refractivity contribution in [1.82, 2.24) is 0 Å². The van der Waals surface area contributed by atoms with Gasteiger partial charge in [-0.15, -0.1) is 0 Å². The highest BCUT2D eigenvalue weighted by Gasteiger charge is 2.37. The van der Waals surface area contributed by atoms with E-state index in [1.165, 1.54) is 0 Å². The van der Waals surface area contributed by atoms with Crippen LogP contribution in [0.25, 0.3) is 54.9 Å². The Morgan fingerprint density at radius 1 is 0.595 bits per heavy atom. The highest BCUT2D eigenvalue weighted by molar-refractivity contribution is 7.79. The third-order valence-electron chi connectivity index (χ3n) is 7.60. The van der Waals surface area contributed by atoms with E-state index >= 15 is 0 Å². The number of fused-ring (bicyclic) bond motifs is 5. The quantitative estimate of drug-likeness (QED) is 0.181. The molecule has 7 rings (SSSR count). The van der Waals surface area contributed by atoms with E-state index in [2.05, 4.69) is 84.9 Å². The Morgan fingerprint density at radius 3 is 1.81 bits per heavy atom. The summed E-state index contributed by atoms with van der Waals surface area (Å²) in [5, 5.41) is 15.9. The molecule has 3 heteroatoms. The molecule has 174 valence electrons. The minimum absolute atomic E-state index is 0.639. The lowest BCUT2D eigenvalue weighted by Gasteiger charge is -2.20. The molecule has 6 aromatic rings. The molecule has 2 nitrogen and oxygen atoms in total. The second-order valence-electron chi connectivity index (χ2n) is 9.68. The summed E-state index contributed by atoms with van der Waals surface area (Å²) in [5.41, 5.74) is 7.05. The van der Waals surface area contributed by atoms with Gasteiger partial charge in [0.2, 0.25) is 0 Å². The SMILES string of the molecule is CP1(=O)c2ccccc2-c2cccc(-c3c4ccccc4c(-c4cccc(C#N)c4)c4ccccc34)c21. The molecule has 6 aromatic carbocycles. The van der Waals surface area contributed by atoms with Crippen LogP contribution in [0.2, 0.25) is 0 Å². The van der Waals surface area contributed by atoms with Crippen molar-refractivity contribution < 1.29 is 4.57 Å². The number of benzene rings is 6. The second-order valence-corrected chi connectivity index (χ2v) is 12.5. The van der Waals surface area contributed by atoms with Gasteiger partial charge in [0.25, 0.3) is 0 Å². The summed E-state index contributed by atoms with van der Waals surface area (Å²) < 4.78 is 14.5. The number of hydrogen-bond acceptors (Lipinski definition) is 2. The van der Waals surface area contributed by atoms with Crippen molar-refractivity contribution in [1.29, 1.82) is 5.26 Å². The summed E-state index contributed by atoms with van der Waals surface area (Å²) in [7, 11) is -2.80. The van der Waals surface area contributed by atoms with Gasteiger partial charge in [-0.05, 0) is 73.7 Å². The molecule has 1 aliphatic rings. The van der Waals surface area contributed by atoms with Crippen LogP contribution in [0.15, 0.2) is 115 Å². The molecule has 1 aliphatic heterocycles. The van der Waals surface area contributed by atoms with Crippen molar-refractivity contribution in [3.05, 3.63) is 121 Å². The third-order valence-corrected chi connectivity index (χ3v) is 10.2. The lowest BCUT2D eigenvalue weighted by atomic mass is 9.85. The maximum Gasteiger partial charge on any atom is 0.142 e. The largest absolute Gasteiger partial charge is 0.314 e. The Hall–Kier alpha value is -4.44. The third kappa shape index (κ3) is 3.08. The summed E-state index contributed by atoms with van der Waals surface area (Å²) in [6.45, 7) is 1.91. The number of rotatable bonds is 2. The molecular weight excluding hydrogens is 469 g/mol. The van der Waals surface area contributed by atoms with Gasteiger partial charge in [0, 0.05) is 10.6 Å². The van der Waals surface area contributed by atoms with E-state index < -0.39 is 7.14 Å². The average Bonchev–Trinajstić information content (AvgIpc) is 3.18. The number of hydrogen-bond donors (Lipinski definition) is 0. The van der Waals surface area contributed by atoms with Gasteiger partial charge in [0.1, 0.15) is 7.14 Å². The Labute approximate surface area is 215 Å². The molecule has 0 aliphatic carbocycles. The normalized spacial score (nSPS) is 15.9. The van der Waals surface area contributed by atoms with Gasteiger partial charge < -0.3 is 4.57 Å². The zero-order chi connectivity index (χ0) is 25.1. The van der Waals surface area contributed by atoms with E-state index in [0.29, 0.717) is 5.56 Å². The molecule has 1 atom stereocenters. The number of nitrogens with zero attached hydrogens (tertiary/aromatic N) is 1. The van der Waals surface area contributed by atoms with Crippen molar-refractivity contribution in [2.45, 2.75) is 0 Å². The van der Waals surface area contributed by atoms with E-state index in [0.717, 1.165) is 65.5 Å². The van der Waals surface area contributed by atoms with Gasteiger partial charge in [-0.3, -0.25) is 0 Å². The van der Waals surface area contributed by atoms with Gasteiger partial charge in [-0.1, -0.05) is 103 Å². The molecule has 0 saturated carbocycles. The minimum atomic E-state index is -2.80. The molecule has 0 spiro atoms. The van der Waals surface area contributed by atoms with Crippen LogP contribution in [0.3, 0.4) is 0 Å². The van der Waals surface area contributed by atoms with Crippen LogP contribution in [0, 0.1) is 11.3 Å². The average molecular weight is 492 g/mol. The fraction of sp³-hybridized carbons (Fsp3) is 0.0294. The van der Waals surface area contributed by atoms with E-state index in [9.17, 15) is 9.83 Å². The first-order valence-electron chi connectivity index (χ1n) is 12.3. The lowest BCUT2D eigenvalue weighted by Crippen LogP contribution is -2.11. The predicted octanol–water partition coefficient (Wildman–Crippen LogP) is 8.12. The predicted molar refractivity (Wildman–Crippen MR) is 155 cm³/mol. The first-order chi connectivity index (χ1) is 18.1. The van der Waals surface area contributed by atoms with Crippen LogP contribution in [0.1, 0.15) is 5.56 Å². The van der Waals surface area contributed by atoms with Crippen molar-refractivity contribution in [2.75, 3.05) is 6.66 Å². The van der Waals surface area contributed by atoms with Gasteiger partial charge >= 0.3 is 0 Å². The summed E-state index contributed by atoms with van der Waals surface area (Å²) in [6.07, 6.45) is 0. The Morgan fingerprint density at radius 2 is 1.14 bits per heavy atom. The summed E-state index contributed by atoms with van der Waals surface area (Å²) >= 11 is 0. The van der Waals surface area contributed by atoms with Crippen molar-refractivity contribution >= 4 is 39.3 Å². The highest BCUT2D eigenvalue weighted by atomic mass is 31.2. The van der Waals surface area contributed by atoms with E-state index in [1.807, 2.05) is 43.1 Å². The van der Waals surface area contributed by atoms with Crippen LogP contribution >= 0.6 is 7.14 Å². The Kier molecular flexibility index (Phi) is 4.74. The summed E-state index contributed by atoms with van der Waals surface area (Å²) in [4.78, 5) is 0. The standard InChI is InChI=1S/C34H22NOP/c1-37(36)31-19-7-6-12-24(31)29-17-9-18-30(34(29)37)33-27-15-4-2-13-25(27)32(26-14-3-5-16-28(26)33)23-11-8-10-22(20-23)21-35/h2-20H,1H3. The van der Waals surface area contributed by atoms with E-state index in [1.54, 1.807) is 0 Å². The number of nitriles is 1. The maximum absolute atomic E-state index is 14.5. The van der Waals surface area contributed by atoms with Crippen LogP contribution in [0.5, 0.6) is 0 Å². The molecule has 0 fully saturated rings. The fourth-order valence-corrected chi connectivity index (χ4v) is 8.66. The van der Waals surface area contributed by atoms with Crippen molar-refractivity contribution in [2.24, 2.45) is 0 Å². The molecule has 0 bridgehead atoms. The summed E-state index contributed by atoms with van der Waals surface area (Å²) in [5.74, 6) is 0. The molecular formula is C34H22NOP. The fourth-order valence-electron chi connectivity index (χ4n) is 6.09. The molecule has 1 unspecified atom stereocenters. The zero-order valence-corrected chi connectivity index (χ0v) is 21.2. The molecule has 0 saturated heterocycles. The molecule has 0 aromatic heterocycles. The van der Waals surface area contributed by atoms with E-state index in [4.69, 9.17) is 0 Å². The monoisotopic (exact) mass is 491 g/mol. The highest BCUT2D eigenvalue weighted by Crippen LogP contribution is 2.54. The molecule has 1 heterocycles. The summed E-state index contributed by atoms with van der Waals surface area (Å²) in [6, 6.07) is 41.4. The minimum Gasteiger partial charge on any atom is -0.314 e. The van der Waals surface area contributed by atoms with Gasteiger partial charge in [-0.2, -0.15) is 5.26 Å². The first-order valence-corrected chi connectivity index (χ1v) is 14.5. The van der Waals surface area contributed by atoms with Gasteiger partial charge in [0.05, 0.1) is 11.6 Å². The smallest absolute Gasteiger partial charge is 0.142 e. The maximum atomic E-state index is 14.5. The Bertz CT molecular complexity index is 1940. The Balaban J connectivity index is 1.65. The second kappa shape index (κ2) is 8.04. The van der Waals surface area contributed by atoms with Gasteiger partial charge in [0.15, 0.2) is 0 Å².